The molecule has 0 heterocycles. The van der Waals surface area contributed by atoms with Crippen LogP contribution in [0.1, 0.15) is 0 Å². The summed E-state index contributed by atoms with van der Waals surface area (Å²) >= 11 is 0. The molecule has 0 aliphatic rings. The van der Waals surface area contributed by atoms with Gasteiger partial charge in [0, 0.05) is 21.1 Å². The predicted molar refractivity (Wildman–Crippen MR) is 9.37 cm³/mol. The van der Waals surface area contributed by atoms with Gasteiger partial charge in [0.05, 0.1) is 0 Å². The molecule has 0 aromatic rings. The van der Waals surface area contributed by atoms with Crippen molar-refractivity contribution in [2.24, 2.45) is 0 Å². The van der Waals surface area contributed by atoms with Crippen molar-refractivity contribution in [3.05, 3.63) is 0 Å². The van der Waals surface area contributed by atoms with Crippen LogP contribution in [-0.4, -0.2) is 14.5 Å². The van der Waals surface area contributed by atoms with Crippen LogP contribution in [0, 0.1) is 0 Å². The first-order valence-electron chi connectivity index (χ1n) is 0.816. The molecule has 2 N–H and O–H groups in total. The van der Waals surface area contributed by atoms with E-state index in [1.807, 2.05) is 0 Å². The second-order valence-corrected chi connectivity index (χ2v) is 1.50. The monoisotopic (exact) mass is 294 g/mol. The molecule has 0 rings (SSSR count). The van der Waals surface area contributed by atoms with Crippen molar-refractivity contribution in [3.8, 4) is 0 Å². The summed E-state index contributed by atoms with van der Waals surface area (Å²) in [6, 6.07) is 0. The second-order valence-electron chi connectivity index (χ2n) is 0.500. The van der Waals surface area contributed by atoms with Gasteiger partial charge in [-0.2, -0.15) is 0 Å². The molecule has 0 saturated carbocycles. The largest absolute Gasteiger partial charge is 0.894 e. The fraction of sp³-hybridized carbons (Fsp3) is 0. The Kier molecular flexibility index (Phi) is 10.9. The molecule has 0 bridgehead atoms. The van der Waals surface area contributed by atoms with Gasteiger partial charge in [0.1, 0.15) is 0 Å². The van der Waals surface area contributed by atoms with Crippen LogP contribution in [-0.2, 0) is 21.1 Å². The molecule has 0 radical (unpaired) electrons. The number of hydrogen-bond acceptors (Lipinski definition) is 4. The molecule has 7 heteroatoms. The molecule has 46 valence electrons. The van der Waals surface area contributed by atoms with E-state index in [4.69, 9.17) is 19.2 Å². The quantitative estimate of drug-likeness (QED) is 0.412. The molecule has 0 aromatic heterocycles. The zero-order chi connectivity index (χ0) is 4.50. The Morgan fingerprint density at radius 3 is 0.857 bits per heavy atom. The van der Waals surface area contributed by atoms with Crippen LogP contribution < -0.4 is 19.2 Å². The van der Waals surface area contributed by atoms with E-state index in [9.17, 15) is 0 Å². The minimum absolute atomic E-state index is 0. The number of rotatable bonds is 0. The summed E-state index contributed by atoms with van der Waals surface area (Å²) in [4.78, 5) is 34.3. The average Bonchev–Trinajstić information content (AvgIpc) is 0.722. The van der Waals surface area contributed by atoms with E-state index in [2.05, 4.69) is 0 Å². The van der Waals surface area contributed by atoms with Crippen molar-refractivity contribution >= 4 is 9.05 Å². The second kappa shape index (κ2) is 4.85. The van der Waals surface area contributed by atoms with Crippen molar-refractivity contribution in [1.82, 2.24) is 0 Å². The Bertz CT molecular complexity index is 23.6. The van der Waals surface area contributed by atoms with Gasteiger partial charge in [0.25, 0.3) is 0 Å². The van der Waals surface area contributed by atoms with Gasteiger partial charge in [0.15, 0.2) is 0 Å². The van der Waals surface area contributed by atoms with E-state index in [0.717, 1.165) is 0 Å². The Morgan fingerprint density at radius 1 is 0.857 bits per heavy atom. The van der Waals surface area contributed by atoms with Gasteiger partial charge in [-0.3, -0.25) is 0 Å². The first-order chi connectivity index (χ1) is 2.00. The Hall–Kier alpha value is 0.705. The van der Waals surface area contributed by atoms with Crippen molar-refractivity contribution in [2.45, 2.75) is 0 Å². The zero-order valence-electron chi connectivity index (χ0n) is 3.04. The fourth-order valence-electron chi connectivity index (χ4n) is 0. The third kappa shape index (κ3) is 299. The van der Waals surface area contributed by atoms with Gasteiger partial charge in [-0.25, -0.2) is 0 Å². The van der Waals surface area contributed by atoms with E-state index >= 15 is 0 Å². The first-order valence-corrected chi connectivity index (χ1v) is 2.45. The molecular formula is H2O5SiW-4. The molecule has 0 aromatic carbocycles. The standard InChI is InChI=1S/O4Si.H2O.W/c1-5(2,3)4;;/h;1H2;/q-4;;. The third-order valence-electron chi connectivity index (χ3n) is 0. The van der Waals surface area contributed by atoms with E-state index < -0.39 is 9.05 Å². The van der Waals surface area contributed by atoms with Crippen molar-refractivity contribution < 1.29 is 45.7 Å². The van der Waals surface area contributed by atoms with Gasteiger partial charge in [-0.05, 0) is 0 Å². The maximum absolute atomic E-state index is 8.58. The van der Waals surface area contributed by atoms with Crippen LogP contribution in [0.15, 0.2) is 0 Å². The summed E-state index contributed by atoms with van der Waals surface area (Å²) in [7, 11) is -5.61. The molecule has 7 heavy (non-hydrogen) atoms. The molecular weight excluding hydrogens is 292 g/mol. The minimum atomic E-state index is -5.61. The maximum atomic E-state index is 8.58. The van der Waals surface area contributed by atoms with Crippen molar-refractivity contribution in [2.75, 3.05) is 0 Å². The summed E-state index contributed by atoms with van der Waals surface area (Å²) in [6.07, 6.45) is 0. The van der Waals surface area contributed by atoms with Crippen LogP contribution in [0.2, 0.25) is 0 Å². The first kappa shape index (κ1) is 15.6. The zero-order valence-corrected chi connectivity index (χ0v) is 6.97. The predicted octanol–water partition coefficient (Wildman–Crippen LogP) is -5.96. The van der Waals surface area contributed by atoms with Crippen LogP contribution >= 0.6 is 0 Å². The van der Waals surface area contributed by atoms with Gasteiger partial charge in [-0.15, -0.1) is 0 Å². The maximum Gasteiger partial charge on any atom is 0 e. The molecule has 0 unspecified atom stereocenters. The van der Waals surface area contributed by atoms with Crippen LogP contribution in [0.3, 0.4) is 0 Å². The number of hydrogen-bond donors (Lipinski definition) is 0. The minimum Gasteiger partial charge on any atom is -0.894 e. The van der Waals surface area contributed by atoms with Gasteiger partial charge < -0.3 is 33.7 Å². The molecule has 0 aliphatic carbocycles. The fourth-order valence-corrected chi connectivity index (χ4v) is 0. The summed E-state index contributed by atoms with van der Waals surface area (Å²) in [5, 5.41) is 0. The molecule has 0 amide bonds. The molecule has 0 fully saturated rings. The Morgan fingerprint density at radius 2 is 0.857 bits per heavy atom. The summed E-state index contributed by atoms with van der Waals surface area (Å²) in [6.45, 7) is 0. The van der Waals surface area contributed by atoms with E-state index in [-0.39, 0.29) is 26.5 Å². The molecule has 5 nitrogen and oxygen atoms in total. The molecule has 0 spiro atoms. The normalized spacial score (nSPS) is 8.57. The van der Waals surface area contributed by atoms with E-state index in [1.54, 1.807) is 0 Å². The van der Waals surface area contributed by atoms with Crippen molar-refractivity contribution in [3.63, 3.8) is 0 Å². The smallest absolute Gasteiger partial charge is 0 e. The molecule has 0 atom stereocenters. The summed E-state index contributed by atoms with van der Waals surface area (Å²) in [5.41, 5.74) is 0. The van der Waals surface area contributed by atoms with E-state index in [1.165, 1.54) is 0 Å². The van der Waals surface area contributed by atoms with Crippen LogP contribution in [0.5, 0.6) is 0 Å². The SMILES string of the molecule is O.[O-][Si]([O-])([O-])[O-].[W]. The van der Waals surface area contributed by atoms with E-state index in [0.29, 0.717) is 0 Å². The third-order valence-corrected chi connectivity index (χ3v) is 0. The van der Waals surface area contributed by atoms with Crippen LogP contribution in [0.4, 0.5) is 0 Å². The average molecular weight is 294 g/mol. The van der Waals surface area contributed by atoms with Gasteiger partial charge >= 0.3 is 0 Å². The van der Waals surface area contributed by atoms with Crippen molar-refractivity contribution in [1.29, 1.82) is 0 Å². The van der Waals surface area contributed by atoms with Gasteiger partial charge in [0.2, 0.25) is 0 Å². The molecule has 0 aliphatic heterocycles. The topological polar surface area (TPSA) is 124 Å². The van der Waals surface area contributed by atoms with Gasteiger partial charge in [-0.1, -0.05) is 0 Å². The summed E-state index contributed by atoms with van der Waals surface area (Å²) in [5.74, 6) is 0. The Balaban J connectivity index is -0.0000000800. The Labute approximate surface area is 55.3 Å². The van der Waals surface area contributed by atoms with Crippen LogP contribution in [0.25, 0.3) is 0 Å². The molecule has 0 saturated heterocycles. The summed E-state index contributed by atoms with van der Waals surface area (Å²) < 4.78 is 0.